The van der Waals surface area contributed by atoms with Gasteiger partial charge in [0.25, 0.3) is 0 Å². The number of nitrogens with zero attached hydrogens (tertiary/aromatic N) is 2. The lowest BCUT2D eigenvalue weighted by molar-refractivity contribution is 0.251. The molecule has 5 nitrogen and oxygen atoms in total. The van der Waals surface area contributed by atoms with Crippen LogP contribution in [0.3, 0.4) is 0 Å². The van der Waals surface area contributed by atoms with Gasteiger partial charge >= 0.3 is 6.03 Å². The molecule has 1 heterocycles. The number of rotatable bonds is 5. The van der Waals surface area contributed by atoms with E-state index in [-0.39, 0.29) is 12.1 Å². The van der Waals surface area contributed by atoms with Gasteiger partial charge in [-0.2, -0.15) is 0 Å². The zero-order chi connectivity index (χ0) is 17.6. The Morgan fingerprint density at radius 3 is 2.68 bits per heavy atom. The first-order valence-electron chi connectivity index (χ1n) is 8.31. The summed E-state index contributed by atoms with van der Waals surface area (Å²) in [4.78, 5) is 18.7. The molecule has 0 aliphatic carbocycles. The summed E-state index contributed by atoms with van der Waals surface area (Å²) < 4.78 is 0. The van der Waals surface area contributed by atoms with Crippen LogP contribution in [0, 0.1) is 0 Å². The van der Waals surface area contributed by atoms with Gasteiger partial charge in [-0.15, -0.1) is 0 Å². The fourth-order valence-corrected chi connectivity index (χ4v) is 2.67. The van der Waals surface area contributed by atoms with Crippen molar-refractivity contribution in [2.75, 3.05) is 23.8 Å². The zero-order valence-electron chi connectivity index (χ0n) is 14.4. The van der Waals surface area contributed by atoms with Crippen LogP contribution in [-0.2, 0) is 0 Å². The second kappa shape index (κ2) is 7.66. The molecular weight excluding hydrogens is 312 g/mol. The highest BCUT2D eigenvalue weighted by atomic mass is 16.2. The summed E-state index contributed by atoms with van der Waals surface area (Å²) in [6, 6.07) is 19.6. The molecule has 0 saturated carbocycles. The second-order valence-electron chi connectivity index (χ2n) is 6.01. The highest BCUT2D eigenvalue weighted by Gasteiger charge is 2.12. The molecule has 3 aromatic rings. The maximum atomic E-state index is 12.3. The summed E-state index contributed by atoms with van der Waals surface area (Å²) in [5.41, 5.74) is 2.74. The Balaban J connectivity index is 1.59. The van der Waals surface area contributed by atoms with Gasteiger partial charge in [0.1, 0.15) is 0 Å². The van der Waals surface area contributed by atoms with Gasteiger partial charge in [-0.05, 0) is 43.3 Å². The largest absolute Gasteiger partial charge is 0.370 e. The molecular formula is C20H22N4O. The van der Waals surface area contributed by atoms with E-state index in [1.807, 2.05) is 55.6 Å². The zero-order valence-corrected chi connectivity index (χ0v) is 14.4. The molecule has 0 aliphatic heterocycles. The van der Waals surface area contributed by atoms with Crippen LogP contribution in [0.15, 0.2) is 66.9 Å². The number of benzene rings is 2. The van der Waals surface area contributed by atoms with Crippen molar-refractivity contribution in [1.29, 1.82) is 0 Å². The molecule has 128 valence electrons. The van der Waals surface area contributed by atoms with E-state index >= 15 is 0 Å². The maximum Gasteiger partial charge on any atom is 0.319 e. The first-order chi connectivity index (χ1) is 12.1. The molecule has 1 aromatic heterocycles. The Hall–Kier alpha value is -3.08. The highest BCUT2D eigenvalue weighted by molar-refractivity contribution is 6.00. The van der Waals surface area contributed by atoms with Gasteiger partial charge in [0.05, 0.1) is 11.2 Å². The van der Waals surface area contributed by atoms with Gasteiger partial charge in [-0.3, -0.25) is 4.98 Å². The van der Waals surface area contributed by atoms with Crippen LogP contribution in [0.1, 0.15) is 6.92 Å². The van der Waals surface area contributed by atoms with E-state index < -0.39 is 0 Å². The van der Waals surface area contributed by atoms with Crippen molar-refractivity contribution >= 4 is 28.3 Å². The highest BCUT2D eigenvalue weighted by Crippen LogP contribution is 2.21. The van der Waals surface area contributed by atoms with E-state index in [0.717, 1.165) is 22.3 Å². The lowest BCUT2D eigenvalue weighted by atomic mass is 10.2. The van der Waals surface area contributed by atoms with E-state index in [2.05, 4.69) is 39.6 Å². The van der Waals surface area contributed by atoms with Gasteiger partial charge < -0.3 is 15.5 Å². The molecule has 0 aliphatic rings. The molecule has 25 heavy (non-hydrogen) atoms. The van der Waals surface area contributed by atoms with Crippen molar-refractivity contribution in [3.63, 3.8) is 0 Å². The molecule has 2 aromatic carbocycles. The molecule has 0 radical (unpaired) electrons. The van der Waals surface area contributed by atoms with Crippen LogP contribution in [-0.4, -0.2) is 30.6 Å². The third kappa shape index (κ3) is 4.07. The van der Waals surface area contributed by atoms with Crippen LogP contribution >= 0.6 is 0 Å². The van der Waals surface area contributed by atoms with E-state index in [1.54, 1.807) is 6.20 Å². The quantitative estimate of drug-likeness (QED) is 0.744. The van der Waals surface area contributed by atoms with Gasteiger partial charge in [-0.25, -0.2) is 4.79 Å². The number of carbonyl (C=O) groups excluding carboxylic acids is 1. The number of hydrogen-bond donors (Lipinski definition) is 2. The average molecular weight is 334 g/mol. The van der Waals surface area contributed by atoms with Gasteiger partial charge in [0.15, 0.2) is 0 Å². The first-order valence-corrected chi connectivity index (χ1v) is 8.31. The number of para-hydroxylation sites is 1. The molecule has 0 saturated heterocycles. The van der Waals surface area contributed by atoms with E-state index in [9.17, 15) is 4.79 Å². The summed E-state index contributed by atoms with van der Waals surface area (Å²) >= 11 is 0. The van der Waals surface area contributed by atoms with E-state index in [1.165, 1.54) is 0 Å². The normalized spacial score (nSPS) is 11.8. The van der Waals surface area contributed by atoms with Crippen molar-refractivity contribution in [3.05, 3.63) is 66.9 Å². The second-order valence-corrected chi connectivity index (χ2v) is 6.01. The number of nitrogens with one attached hydrogen (secondary N) is 2. The number of fused-ring (bicyclic) bond motifs is 1. The summed E-state index contributed by atoms with van der Waals surface area (Å²) in [5.74, 6) is 0. The Morgan fingerprint density at radius 1 is 1.08 bits per heavy atom. The van der Waals surface area contributed by atoms with Crippen LogP contribution < -0.4 is 15.5 Å². The van der Waals surface area contributed by atoms with Crippen molar-refractivity contribution in [1.82, 2.24) is 10.3 Å². The molecule has 2 N–H and O–H groups in total. The smallest absolute Gasteiger partial charge is 0.319 e. The summed E-state index contributed by atoms with van der Waals surface area (Å²) in [7, 11) is 2.02. The van der Waals surface area contributed by atoms with Gasteiger partial charge in [0.2, 0.25) is 0 Å². The monoisotopic (exact) mass is 334 g/mol. The maximum absolute atomic E-state index is 12.3. The van der Waals surface area contributed by atoms with Crippen LogP contribution in [0.2, 0.25) is 0 Å². The van der Waals surface area contributed by atoms with Crippen LogP contribution in [0.4, 0.5) is 16.2 Å². The van der Waals surface area contributed by atoms with Crippen molar-refractivity contribution in [2.45, 2.75) is 13.0 Å². The number of aromatic nitrogens is 1. The summed E-state index contributed by atoms with van der Waals surface area (Å²) in [6.45, 7) is 2.62. The number of carbonyl (C=O) groups is 1. The Labute approximate surface area is 147 Å². The first kappa shape index (κ1) is 16.8. The Bertz CT molecular complexity index is 845. The van der Waals surface area contributed by atoms with Gasteiger partial charge in [0, 0.05) is 36.9 Å². The lowest BCUT2D eigenvalue weighted by Crippen LogP contribution is -2.41. The number of hydrogen-bond acceptors (Lipinski definition) is 3. The van der Waals surface area contributed by atoms with Crippen LogP contribution in [0.25, 0.3) is 10.9 Å². The molecule has 1 unspecified atom stereocenters. The Kier molecular flexibility index (Phi) is 5.14. The molecule has 0 bridgehead atoms. The standard InChI is InChI=1S/C20H22N4O/c1-15(24(2)16-8-4-3-5-9-16)14-22-20(25)23-19-12-6-11-18-17(19)10-7-13-21-18/h3-13,15H,14H2,1-2H3,(H2,22,23,25). The molecule has 5 heteroatoms. The third-order valence-corrected chi connectivity index (χ3v) is 4.28. The number of likely N-dealkylation sites (N-methyl/N-ethyl adjacent to an activating group) is 1. The molecule has 0 fully saturated rings. The number of amides is 2. The lowest BCUT2D eigenvalue weighted by Gasteiger charge is -2.27. The SMILES string of the molecule is CC(CNC(=O)Nc1cccc2ncccc12)N(C)c1ccccc1. The van der Waals surface area contributed by atoms with Crippen molar-refractivity contribution < 1.29 is 4.79 Å². The fourth-order valence-electron chi connectivity index (χ4n) is 2.67. The summed E-state index contributed by atoms with van der Waals surface area (Å²) in [5, 5.41) is 6.77. The molecule has 2 amide bonds. The fraction of sp³-hybridized carbons (Fsp3) is 0.200. The van der Waals surface area contributed by atoms with Crippen molar-refractivity contribution in [3.8, 4) is 0 Å². The van der Waals surface area contributed by atoms with Crippen molar-refractivity contribution in [2.24, 2.45) is 0 Å². The van der Waals surface area contributed by atoms with Crippen LogP contribution in [0.5, 0.6) is 0 Å². The number of pyridine rings is 1. The third-order valence-electron chi connectivity index (χ3n) is 4.28. The number of urea groups is 1. The van der Waals surface area contributed by atoms with Gasteiger partial charge in [-0.1, -0.05) is 24.3 Å². The predicted molar refractivity (Wildman–Crippen MR) is 103 cm³/mol. The molecule has 0 spiro atoms. The molecule has 1 atom stereocenters. The average Bonchev–Trinajstić information content (AvgIpc) is 2.66. The molecule has 3 rings (SSSR count). The Morgan fingerprint density at radius 2 is 1.88 bits per heavy atom. The van der Waals surface area contributed by atoms with E-state index in [4.69, 9.17) is 0 Å². The minimum atomic E-state index is -0.218. The summed E-state index contributed by atoms with van der Waals surface area (Å²) in [6.07, 6.45) is 1.74. The topological polar surface area (TPSA) is 57.3 Å². The van der Waals surface area contributed by atoms with E-state index in [0.29, 0.717) is 6.54 Å². The minimum Gasteiger partial charge on any atom is -0.370 e. The predicted octanol–water partition coefficient (Wildman–Crippen LogP) is 3.88. The minimum absolute atomic E-state index is 0.169. The number of anilines is 2.